The Morgan fingerprint density at radius 3 is 1.75 bits per heavy atom. The number of hydrazone groups is 1. The molecular formula is CH8N7. The molecule has 0 aromatic rings. The fourth-order valence-electron chi connectivity index (χ4n) is 0.0667. The van der Waals surface area contributed by atoms with Crippen molar-refractivity contribution in [3.05, 3.63) is 0 Å². The molecule has 0 aromatic carbocycles. The van der Waals surface area contributed by atoms with E-state index in [0.29, 0.717) is 5.12 Å². The van der Waals surface area contributed by atoms with Gasteiger partial charge in [-0.25, -0.2) is 16.8 Å². The van der Waals surface area contributed by atoms with Crippen LogP contribution >= 0.6 is 0 Å². The highest BCUT2D eigenvalue weighted by atomic mass is 15.6. The van der Waals surface area contributed by atoms with Crippen molar-refractivity contribution < 1.29 is 0 Å². The molecule has 0 heterocycles. The summed E-state index contributed by atoms with van der Waals surface area (Å²) in [6.45, 7) is 0. The van der Waals surface area contributed by atoms with Gasteiger partial charge >= 0.3 is 0 Å². The molecule has 0 aliphatic rings. The Morgan fingerprint density at radius 2 is 1.75 bits per heavy atom. The third kappa shape index (κ3) is 3.15. The Balaban J connectivity index is 0. The minimum absolute atomic E-state index is 0. The number of nitrogens with zero attached hydrogens (tertiary/aromatic N) is 3. The summed E-state index contributed by atoms with van der Waals surface area (Å²) >= 11 is 0. The Bertz CT molecular complexity index is 72.5. The number of nitrogens with two attached hydrogens (primary N) is 4. The van der Waals surface area contributed by atoms with Crippen molar-refractivity contribution in [3.8, 4) is 0 Å². The molecule has 0 rings (SSSR count). The second-order valence-corrected chi connectivity index (χ2v) is 0.895. The lowest BCUT2D eigenvalue weighted by atomic mass is 11.0. The molecule has 0 saturated carbocycles. The second kappa shape index (κ2) is 4.12. The number of hydrogen-bond donors (Lipinski definition) is 4. The number of guanidine groups is 1. The molecule has 7 nitrogen and oxygen atoms in total. The Kier molecular flexibility index (Phi) is 5.17. The van der Waals surface area contributed by atoms with Crippen LogP contribution in [0.5, 0.6) is 0 Å². The first-order valence-electron chi connectivity index (χ1n) is 1.51. The van der Waals surface area contributed by atoms with Crippen LogP contribution in [0.3, 0.4) is 0 Å². The molecule has 0 aliphatic heterocycles. The minimum Gasteiger partial charge on any atom is -0.366 e. The summed E-state index contributed by atoms with van der Waals surface area (Å²) in [5, 5.41) is 3.58. The summed E-state index contributed by atoms with van der Waals surface area (Å²) < 4.78 is 0. The van der Waals surface area contributed by atoms with Crippen LogP contribution in [0.15, 0.2) is 5.10 Å². The van der Waals surface area contributed by atoms with Crippen molar-refractivity contribution in [2.75, 3.05) is 0 Å². The normalized spacial score (nSPS) is 10.0. The van der Waals surface area contributed by atoms with Gasteiger partial charge in [-0.05, 0) is 0 Å². The molecule has 0 atom stereocenters. The zero-order chi connectivity index (χ0) is 5.86. The second-order valence-electron chi connectivity index (χ2n) is 0.895. The van der Waals surface area contributed by atoms with E-state index in [1.807, 2.05) is 0 Å². The highest BCUT2D eigenvalue weighted by molar-refractivity contribution is 5.76. The van der Waals surface area contributed by atoms with Gasteiger partial charge in [0.15, 0.2) is 0 Å². The van der Waals surface area contributed by atoms with Crippen LogP contribution in [-0.2, 0) is 0 Å². The van der Waals surface area contributed by atoms with E-state index in [-0.39, 0.29) is 12.1 Å². The van der Waals surface area contributed by atoms with Gasteiger partial charge in [0.1, 0.15) is 0 Å². The van der Waals surface area contributed by atoms with Crippen LogP contribution in [0.2, 0.25) is 0 Å². The average molecular weight is 118 g/mol. The Morgan fingerprint density at radius 1 is 1.38 bits per heavy atom. The highest BCUT2D eigenvalue weighted by Gasteiger charge is 1.88. The van der Waals surface area contributed by atoms with Crippen LogP contribution in [0.1, 0.15) is 0 Å². The van der Waals surface area contributed by atoms with Gasteiger partial charge in [0.05, 0.1) is 0 Å². The summed E-state index contributed by atoms with van der Waals surface area (Å²) in [5.74, 6) is 14.2. The molecule has 7 heteroatoms. The maximum atomic E-state index is 4.92. The van der Waals surface area contributed by atoms with Gasteiger partial charge in [0.25, 0.3) is 0 Å². The predicted octanol–water partition coefficient (Wildman–Crippen LogP) is -3.26. The van der Waals surface area contributed by atoms with E-state index in [1.165, 1.54) is 0 Å². The zero-order valence-electron chi connectivity index (χ0n) is 4.15. The van der Waals surface area contributed by atoms with Crippen molar-refractivity contribution in [1.82, 2.24) is 11.3 Å². The number of hydrogen-bond acceptors (Lipinski definition) is 4. The summed E-state index contributed by atoms with van der Waals surface area (Å²) in [4.78, 5) is 0. The minimum atomic E-state index is -0.111. The fourth-order valence-corrected chi connectivity index (χ4v) is 0.0667. The molecule has 8 N–H and O–H groups in total. The third-order valence-electron chi connectivity index (χ3n) is 0.397. The number of rotatable bonds is 0. The molecule has 0 amide bonds. The molecule has 0 aliphatic carbocycles. The van der Waals surface area contributed by atoms with E-state index in [0.717, 1.165) is 0 Å². The molecule has 0 spiro atoms. The van der Waals surface area contributed by atoms with Crippen molar-refractivity contribution >= 4 is 5.96 Å². The Labute approximate surface area is 46.8 Å². The van der Waals surface area contributed by atoms with Gasteiger partial charge in [-0.15, -0.1) is 5.10 Å². The maximum Gasteiger partial charge on any atom is 0.242 e. The standard InChI is InChI=1S/CH8N6.N/c2-1(6-3)7(4)5;/h3-5H2,(H2,2,6);. The predicted molar refractivity (Wildman–Crippen MR) is 28.2 cm³/mol. The van der Waals surface area contributed by atoms with E-state index in [9.17, 15) is 0 Å². The molecule has 0 bridgehead atoms. The van der Waals surface area contributed by atoms with Gasteiger partial charge in [0.2, 0.25) is 5.96 Å². The van der Waals surface area contributed by atoms with Crippen LogP contribution < -0.4 is 29.4 Å². The molecule has 0 unspecified atom stereocenters. The lowest BCUT2D eigenvalue weighted by Gasteiger charge is -2.06. The first-order valence-corrected chi connectivity index (χ1v) is 1.51. The van der Waals surface area contributed by atoms with Crippen molar-refractivity contribution in [3.63, 3.8) is 0 Å². The molecule has 0 saturated heterocycles. The summed E-state index contributed by atoms with van der Waals surface area (Å²) in [6.07, 6.45) is 0. The summed E-state index contributed by atoms with van der Waals surface area (Å²) in [6, 6.07) is 0. The van der Waals surface area contributed by atoms with E-state index < -0.39 is 0 Å². The molecule has 0 aromatic heterocycles. The molecule has 0 fully saturated rings. The van der Waals surface area contributed by atoms with E-state index >= 15 is 0 Å². The van der Waals surface area contributed by atoms with Crippen LogP contribution in [-0.4, -0.2) is 11.1 Å². The SMILES string of the molecule is NN=C(N)N(N)N.[N]. The van der Waals surface area contributed by atoms with Crippen molar-refractivity contribution in [2.45, 2.75) is 0 Å². The van der Waals surface area contributed by atoms with Crippen LogP contribution in [0.25, 0.3) is 0 Å². The fraction of sp³-hybridized carbons (Fsp3) is 0. The monoisotopic (exact) mass is 118 g/mol. The maximum absolute atomic E-state index is 4.92. The van der Waals surface area contributed by atoms with Crippen LogP contribution in [0, 0.1) is 0 Å². The zero-order valence-corrected chi connectivity index (χ0v) is 4.15. The van der Waals surface area contributed by atoms with Gasteiger partial charge < -0.3 is 11.6 Å². The van der Waals surface area contributed by atoms with Gasteiger partial charge in [-0.1, -0.05) is 0 Å². The molecule has 8 heavy (non-hydrogen) atoms. The van der Waals surface area contributed by atoms with Crippen molar-refractivity contribution in [2.24, 2.45) is 28.4 Å². The average Bonchev–Trinajstić information content (AvgIpc) is 1.65. The topological polar surface area (TPSA) is 150 Å². The number of hydrazine groups is 2. The Hall–Kier alpha value is -1.05. The summed E-state index contributed by atoms with van der Waals surface area (Å²) in [7, 11) is 0. The van der Waals surface area contributed by atoms with Gasteiger partial charge in [0, 0.05) is 6.15 Å². The third-order valence-corrected chi connectivity index (χ3v) is 0.397. The molecular weight excluding hydrogens is 110 g/mol. The van der Waals surface area contributed by atoms with Crippen molar-refractivity contribution in [1.29, 1.82) is 0 Å². The molecule has 47 valence electrons. The highest BCUT2D eigenvalue weighted by Crippen LogP contribution is 1.55. The van der Waals surface area contributed by atoms with Gasteiger partial charge in [-0.3, -0.25) is 0 Å². The lowest BCUT2D eigenvalue weighted by Crippen LogP contribution is -2.48. The van der Waals surface area contributed by atoms with Crippen LogP contribution in [0.4, 0.5) is 0 Å². The quantitative estimate of drug-likeness (QED) is 0.114. The lowest BCUT2D eigenvalue weighted by molar-refractivity contribution is 0.457. The smallest absolute Gasteiger partial charge is 0.242 e. The molecule has 3 radical (unpaired) electrons. The first kappa shape index (κ1) is 10.0. The van der Waals surface area contributed by atoms with E-state index in [1.54, 1.807) is 0 Å². The summed E-state index contributed by atoms with van der Waals surface area (Å²) in [5.41, 5.74) is 4.92. The van der Waals surface area contributed by atoms with E-state index in [4.69, 9.17) is 17.4 Å². The van der Waals surface area contributed by atoms with E-state index in [2.05, 4.69) is 10.9 Å². The first-order chi connectivity index (χ1) is 3.18. The van der Waals surface area contributed by atoms with Gasteiger partial charge in [-0.2, -0.15) is 0 Å². The largest absolute Gasteiger partial charge is 0.366 e.